The van der Waals surface area contributed by atoms with Crippen LogP contribution in [0.4, 0.5) is 15.9 Å². The largest absolute Gasteiger partial charge is 0.485 e. The quantitative estimate of drug-likeness (QED) is 0.363. The Morgan fingerprint density at radius 3 is 2.78 bits per heavy atom. The van der Waals surface area contributed by atoms with Crippen LogP contribution in [0.2, 0.25) is 0 Å². The molecule has 1 N–H and O–H groups in total. The predicted octanol–water partition coefficient (Wildman–Crippen LogP) is 4.42. The second kappa shape index (κ2) is 8.99. The molecule has 0 amide bonds. The van der Waals surface area contributed by atoms with Crippen LogP contribution in [0, 0.1) is 0 Å². The Hall–Kier alpha value is -3.83. The zero-order valence-corrected chi connectivity index (χ0v) is 20.8. The fourth-order valence-electron chi connectivity index (χ4n) is 4.57. The van der Waals surface area contributed by atoms with Crippen molar-refractivity contribution >= 4 is 44.0 Å². The highest BCUT2D eigenvalue weighted by Crippen LogP contribution is 2.39. The number of benzene rings is 2. The van der Waals surface area contributed by atoms with Gasteiger partial charge in [0.15, 0.2) is 6.17 Å². The number of nitrogens with one attached hydrogen (secondary N) is 1. The molecule has 9 nitrogen and oxygen atoms in total. The van der Waals surface area contributed by atoms with Crippen LogP contribution < -0.4 is 14.8 Å². The normalized spacial score (nSPS) is 18.2. The maximum atomic E-state index is 14.8. The molecule has 6 rings (SSSR count). The molecule has 0 aliphatic carbocycles. The van der Waals surface area contributed by atoms with E-state index in [1.807, 2.05) is 61.0 Å². The van der Waals surface area contributed by atoms with E-state index in [-0.39, 0.29) is 0 Å². The van der Waals surface area contributed by atoms with Gasteiger partial charge in [-0.25, -0.2) is 19.3 Å². The van der Waals surface area contributed by atoms with E-state index in [4.69, 9.17) is 9.47 Å². The molecule has 0 unspecified atom stereocenters. The number of hydrogen-bond donors (Lipinski definition) is 1. The van der Waals surface area contributed by atoms with Gasteiger partial charge in [-0.2, -0.15) is 0 Å². The molecule has 1 saturated heterocycles. The summed E-state index contributed by atoms with van der Waals surface area (Å²) in [6.45, 7) is 0.816. The molecule has 5 aromatic rings. The van der Waals surface area contributed by atoms with Crippen LogP contribution in [0.3, 0.4) is 0 Å². The Balaban J connectivity index is 1.49. The number of ether oxygens (including phenoxy) is 2. The van der Waals surface area contributed by atoms with Gasteiger partial charge in [0.05, 0.1) is 39.3 Å². The SMILES string of the molecule is COc1nn(C)cc1-c1cc(O[C@H]2CN(C)C[C@H]2F)c2c(Nc3ccc4ncsc4c3)ncnc2c1. The maximum absolute atomic E-state index is 14.8. The number of likely N-dealkylation sites (N-methyl/N-ethyl adjacent to an activating group) is 1. The first-order chi connectivity index (χ1) is 17.5. The minimum absolute atomic E-state index is 0.329. The van der Waals surface area contributed by atoms with Crippen molar-refractivity contribution < 1.29 is 13.9 Å². The molecule has 0 saturated carbocycles. The van der Waals surface area contributed by atoms with Gasteiger partial charge in [-0.1, -0.05) is 0 Å². The van der Waals surface area contributed by atoms with Crippen LogP contribution in [-0.2, 0) is 7.05 Å². The molecular formula is C25H24FN7O2S. The summed E-state index contributed by atoms with van der Waals surface area (Å²) in [6, 6.07) is 9.76. The molecule has 2 aromatic carbocycles. The summed E-state index contributed by atoms with van der Waals surface area (Å²) in [5.41, 5.74) is 5.87. The average Bonchev–Trinajstić information content (AvgIpc) is 3.56. The molecule has 3 aromatic heterocycles. The minimum Gasteiger partial charge on any atom is -0.485 e. The molecule has 2 atom stereocenters. The second-order valence-electron chi connectivity index (χ2n) is 8.87. The third kappa shape index (κ3) is 4.10. The van der Waals surface area contributed by atoms with Crippen molar-refractivity contribution in [3.05, 3.63) is 48.4 Å². The molecule has 4 heterocycles. The lowest BCUT2D eigenvalue weighted by Crippen LogP contribution is -2.27. The Bertz CT molecular complexity index is 1570. The van der Waals surface area contributed by atoms with Crippen LogP contribution in [0.5, 0.6) is 11.6 Å². The Morgan fingerprint density at radius 2 is 1.97 bits per heavy atom. The second-order valence-corrected chi connectivity index (χ2v) is 9.76. The van der Waals surface area contributed by atoms with Crippen molar-refractivity contribution in [3.63, 3.8) is 0 Å². The summed E-state index contributed by atoms with van der Waals surface area (Å²) in [5.74, 6) is 1.56. The van der Waals surface area contributed by atoms with Gasteiger partial charge in [-0.05, 0) is 42.9 Å². The van der Waals surface area contributed by atoms with E-state index in [0.717, 1.165) is 27.0 Å². The first-order valence-corrected chi connectivity index (χ1v) is 12.3. The molecular weight excluding hydrogens is 481 g/mol. The molecule has 36 heavy (non-hydrogen) atoms. The zero-order chi connectivity index (χ0) is 24.8. The fraction of sp³-hybridized carbons (Fsp3) is 0.280. The van der Waals surface area contributed by atoms with Gasteiger partial charge < -0.3 is 14.8 Å². The van der Waals surface area contributed by atoms with Crippen molar-refractivity contribution in [2.24, 2.45) is 7.05 Å². The monoisotopic (exact) mass is 505 g/mol. The van der Waals surface area contributed by atoms with Crippen LogP contribution in [-0.4, -0.2) is 69.2 Å². The summed E-state index contributed by atoms with van der Waals surface area (Å²) in [6.07, 6.45) is 1.67. The number of alkyl halides is 1. The molecule has 1 aliphatic rings. The van der Waals surface area contributed by atoms with Crippen LogP contribution in [0.1, 0.15) is 0 Å². The van der Waals surface area contributed by atoms with Gasteiger partial charge in [0.1, 0.15) is 24.0 Å². The molecule has 0 bridgehead atoms. The molecule has 0 radical (unpaired) electrons. The summed E-state index contributed by atoms with van der Waals surface area (Å²) < 4.78 is 29.4. The first-order valence-electron chi connectivity index (χ1n) is 11.4. The van der Waals surface area contributed by atoms with Crippen molar-refractivity contribution in [1.29, 1.82) is 0 Å². The number of rotatable bonds is 6. The van der Waals surface area contributed by atoms with Gasteiger partial charge in [-0.3, -0.25) is 9.58 Å². The Morgan fingerprint density at radius 1 is 1.08 bits per heavy atom. The van der Waals surface area contributed by atoms with E-state index in [0.29, 0.717) is 41.4 Å². The topological polar surface area (TPSA) is 90.2 Å². The van der Waals surface area contributed by atoms with Crippen LogP contribution in [0.15, 0.2) is 48.4 Å². The first kappa shape index (κ1) is 22.6. The lowest BCUT2D eigenvalue weighted by molar-refractivity contribution is 0.141. The number of halogens is 1. The van der Waals surface area contributed by atoms with E-state index in [1.165, 1.54) is 6.33 Å². The van der Waals surface area contributed by atoms with Crippen molar-refractivity contribution in [3.8, 4) is 22.8 Å². The van der Waals surface area contributed by atoms with Crippen molar-refractivity contribution in [2.45, 2.75) is 12.3 Å². The summed E-state index contributed by atoms with van der Waals surface area (Å²) >= 11 is 1.57. The number of fused-ring (bicyclic) bond motifs is 2. The predicted molar refractivity (Wildman–Crippen MR) is 138 cm³/mol. The highest BCUT2D eigenvalue weighted by molar-refractivity contribution is 7.16. The standard InChI is InChI=1S/C25H24FN7O2S/c1-32-10-17(26)21(11-32)35-20-7-14(16-9-33(2)31-25(16)34-3)6-19-23(20)24(28-12-27-19)30-15-4-5-18-22(8-15)36-13-29-18/h4-9,12-13,17,21H,10-11H2,1-3H3,(H,27,28,30)/t17-,21+/m1/s1. The van der Waals surface area contributed by atoms with Gasteiger partial charge in [0, 0.05) is 32.0 Å². The lowest BCUT2D eigenvalue weighted by Gasteiger charge is -2.19. The van der Waals surface area contributed by atoms with Crippen LogP contribution in [0.25, 0.3) is 32.2 Å². The Labute approximate surface area is 210 Å². The number of aryl methyl sites for hydroxylation is 1. The number of thiazole rings is 1. The maximum Gasteiger partial charge on any atom is 0.240 e. The molecule has 1 aliphatic heterocycles. The highest BCUT2D eigenvalue weighted by atomic mass is 32.1. The minimum atomic E-state index is -1.10. The third-order valence-corrected chi connectivity index (χ3v) is 7.05. The molecule has 184 valence electrons. The number of anilines is 2. The molecule has 1 fully saturated rings. The van der Waals surface area contributed by atoms with E-state index < -0.39 is 12.3 Å². The number of aromatic nitrogens is 5. The Kier molecular flexibility index (Phi) is 5.65. The van der Waals surface area contributed by atoms with Gasteiger partial charge in [-0.15, -0.1) is 16.4 Å². The van der Waals surface area contributed by atoms with E-state index >= 15 is 0 Å². The van der Waals surface area contributed by atoms with Gasteiger partial charge in [0.25, 0.3) is 0 Å². The fourth-order valence-corrected chi connectivity index (χ4v) is 5.29. The van der Waals surface area contributed by atoms with Crippen molar-refractivity contribution in [2.75, 3.05) is 32.6 Å². The van der Waals surface area contributed by atoms with Crippen LogP contribution >= 0.6 is 11.3 Å². The van der Waals surface area contributed by atoms with Gasteiger partial charge in [0.2, 0.25) is 5.88 Å². The molecule has 11 heteroatoms. The smallest absolute Gasteiger partial charge is 0.240 e. The third-order valence-electron chi connectivity index (χ3n) is 6.25. The van der Waals surface area contributed by atoms with Crippen molar-refractivity contribution in [1.82, 2.24) is 29.6 Å². The highest BCUT2D eigenvalue weighted by Gasteiger charge is 2.33. The summed E-state index contributed by atoms with van der Waals surface area (Å²) in [7, 11) is 5.30. The summed E-state index contributed by atoms with van der Waals surface area (Å²) in [4.78, 5) is 15.3. The number of methoxy groups -OCH3 is 1. The molecule has 0 spiro atoms. The lowest BCUT2D eigenvalue weighted by atomic mass is 10.0. The number of likely N-dealkylation sites (tertiary alicyclic amines) is 1. The number of nitrogens with zero attached hydrogens (tertiary/aromatic N) is 6. The van der Waals surface area contributed by atoms with E-state index in [1.54, 1.807) is 23.1 Å². The van der Waals surface area contributed by atoms with Gasteiger partial charge >= 0.3 is 0 Å². The van der Waals surface area contributed by atoms with E-state index in [9.17, 15) is 4.39 Å². The number of hydrogen-bond acceptors (Lipinski definition) is 9. The summed E-state index contributed by atoms with van der Waals surface area (Å²) in [5, 5.41) is 8.45. The average molecular weight is 506 g/mol. The zero-order valence-electron chi connectivity index (χ0n) is 20.0. The van der Waals surface area contributed by atoms with E-state index in [2.05, 4.69) is 25.4 Å².